The lowest BCUT2D eigenvalue weighted by atomic mass is 9.84. The van der Waals surface area contributed by atoms with E-state index in [4.69, 9.17) is 5.73 Å². The van der Waals surface area contributed by atoms with Crippen LogP contribution in [0, 0.1) is 5.92 Å². The van der Waals surface area contributed by atoms with Crippen LogP contribution in [0.25, 0.3) is 0 Å². The van der Waals surface area contributed by atoms with Crippen LogP contribution >= 0.6 is 12.4 Å². The van der Waals surface area contributed by atoms with Crippen LogP contribution in [0.4, 0.5) is 5.82 Å². The number of nitrogens with zero attached hydrogens (tertiary/aromatic N) is 3. The molecule has 1 saturated heterocycles. The lowest BCUT2D eigenvalue weighted by Gasteiger charge is -2.37. The topological polar surface area (TPSA) is 62.5 Å². The summed E-state index contributed by atoms with van der Waals surface area (Å²) >= 11 is 0. The van der Waals surface area contributed by atoms with E-state index in [0.717, 1.165) is 38.4 Å². The van der Waals surface area contributed by atoms with Crippen molar-refractivity contribution in [1.82, 2.24) is 9.88 Å². The smallest absolute Gasteiger partial charge is 0.239 e. The molecule has 0 radical (unpaired) electrons. The maximum absolute atomic E-state index is 12.6. The predicted molar refractivity (Wildman–Crippen MR) is 99.4 cm³/mol. The standard InChI is InChI=1S/C18H28N4O.ClH/c19-16(14-15-6-2-1-3-7-15)18(23)22-12-10-21(11-13-22)17-8-4-5-9-20-17;/h4-5,8-9,15-16H,1-3,6-7,10-14,19H2;1H. The van der Waals surface area contributed by atoms with Crippen LogP contribution in [-0.4, -0.2) is 48.0 Å². The van der Waals surface area contributed by atoms with Crippen molar-refractivity contribution in [2.24, 2.45) is 11.7 Å². The van der Waals surface area contributed by atoms with Gasteiger partial charge in [-0.2, -0.15) is 0 Å². The second-order valence-corrected chi connectivity index (χ2v) is 6.85. The Morgan fingerprint density at radius 2 is 1.88 bits per heavy atom. The number of hydrogen-bond acceptors (Lipinski definition) is 4. The number of rotatable bonds is 4. The van der Waals surface area contributed by atoms with Crippen molar-refractivity contribution in [2.45, 2.75) is 44.6 Å². The zero-order valence-electron chi connectivity index (χ0n) is 14.3. The second kappa shape index (κ2) is 9.23. The zero-order chi connectivity index (χ0) is 16.1. The van der Waals surface area contributed by atoms with Gasteiger partial charge in [0.25, 0.3) is 0 Å². The number of carbonyl (C=O) groups is 1. The molecule has 1 aromatic rings. The SMILES string of the molecule is Cl.NC(CC1CCCCC1)C(=O)N1CCN(c2ccccn2)CC1. The van der Waals surface area contributed by atoms with E-state index in [1.54, 1.807) is 0 Å². The van der Waals surface area contributed by atoms with Crippen LogP contribution in [0.5, 0.6) is 0 Å². The fourth-order valence-electron chi connectivity index (χ4n) is 3.81. The summed E-state index contributed by atoms with van der Waals surface area (Å²) in [6.07, 6.45) is 9.10. The summed E-state index contributed by atoms with van der Waals surface area (Å²) in [6, 6.07) is 5.62. The summed E-state index contributed by atoms with van der Waals surface area (Å²) < 4.78 is 0. The van der Waals surface area contributed by atoms with Gasteiger partial charge in [0.05, 0.1) is 6.04 Å². The van der Waals surface area contributed by atoms with E-state index >= 15 is 0 Å². The predicted octanol–water partition coefficient (Wildman–Crippen LogP) is 2.45. The van der Waals surface area contributed by atoms with Gasteiger partial charge < -0.3 is 15.5 Å². The van der Waals surface area contributed by atoms with Crippen LogP contribution in [0.1, 0.15) is 38.5 Å². The van der Waals surface area contributed by atoms with Crippen LogP contribution in [0.2, 0.25) is 0 Å². The average molecular weight is 353 g/mol. The molecule has 1 aromatic heterocycles. The molecule has 0 spiro atoms. The summed E-state index contributed by atoms with van der Waals surface area (Å²) in [6.45, 7) is 3.15. The summed E-state index contributed by atoms with van der Waals surface area (Å²) in [7, 11) is 0. The van der Waals surface area contributed by atoms with Gasteiger partial charge in [-0.1, -0.05) is 38.2 Å². The van der Waals surface area contributed by atoms with Crippen LogP contribution in [-0.2, 0) is 4.79 Å². The first-order valence-electron chi connectivity index (χ1n) is 8.94. The number of halogens is 1. The van der Waals surface area contributed by atoms with Gasteiger partial charge in [-0.25, -0.2) is 4.98 Å². The quantitative estimate of drug-likeness (QED) is 0.904. The zero-order valence-corrected chi connectivity index (χ0v) is 15.1. The Kier molecular flexibility index (Phi) is 7.31. The van der Waals surface area contributed by atoms with Gasteiger partial charge in [0.15, 0.2) is 0 Å². The minimum absolute atomic E-state index is 0. The van der Waals surface area contributed by atoms with E-state index in [2.05, 4.69) is 9.88 Å². The fourth-order valence-corrected chi connectivity index (χ4v) is 3.81. The number of anilines is 1. The Hall–Kier alpha value is -1.33. The van der Waals surface area contributed by atoms with Gasteiger partial charge in [0.1, 0.15) is 5.82 Å². The number of nitrogens with two attached hydrogens (primary N) is 1. The highest BCUT2D eigenvalue weighted by molar-refractivity contribution is 5.85. The van der Waals surface area contributed by atoms with Gasteiger partial charge in [-0.3, -0.25) is 4.79 Å². The Balaban J connectivity index is 0.00000208. The Bertz CT molecular complexity index is 499. The molecule has 3 rings (SSSR count). The highest BCUT2D eigenvalue weighted by atomic mass is 35.5. The van der Waals surface area contributed by atoms with Crippen molar-refractivity contribution < 1.29 is 4.79 Å². The molecule has 1 aliphatic carbocycles. The second-order valence-electron chi connectivity index (χ2n) is 6.85. The Morgan fingerprint density at radius 3 is 2.50 bits per heavy atom. The third-order valence-electron chi connectivity index (χ3n) is 5.19. The van der Waals surface area contributed by atoms with Crippen molar-refractivity contribution in [3.05, 3.63) is 24.4 Å². The van der Waals surface area contributed by atoms with E-state index < -0.39 is 0 Å². The lowest BCUT2D eigenvalue weighted by Crippen LogP contribution is -2.53. The molecular weight excluding hydrogens is 324 g/mol. The largest absolute Gasteiger partial charge is 0.353 e. The lowest BCUT2D eigenvalue weighted by molar-refractivity contribution is -0.133. The molecule has 2 aliphatic rings. The minimum Gasteiger partial charge on any atom is -0.353 e. The normalized spacial score (nSPS) is 20.4. The molecule has 134 valence electrons. The van der Waals surface area contributed by atoms with E-state index in [1.165, 1.54) is 32.1 Å². The molecule has 1 saturated carbocycles. The molecule has 1 aliphatic heterocycles. The molecule has 1 atom stereocenters. The summed E-state index contributed by atoms with van der Waals surface area (Å²) in [5.41, 5.74) is 6.21. The monoisotopic (exact) mass is 352 g/mol. The summed E-state index contributed by atoms with van der Waals surface area (Å²) in [4.78, 5) is 21.1. The van der Waals surface area contributed by atoms with Crippen molar-refractivity contribution in [1.29, 1.82) is 0 Å². The van der Waals surface area contributed by atoms with Gasteiger partial charge in [0, 0.05) is 32.4 Å². The number of pyridine rings is 1. The number of piperazine rings is 1. The summed E-state index contributed by atoms with van der Waals surface area (Å²) in [5, 5.41) is 0. The van der Waals surface area contributed by atoms with Crippen LogP contribution in [0.15, 0.2) is 24.4 Å². The molecule has 2 heterocycles. The Labute approximate surface area is 151 Å². The van der Waals surface area contributed by atoms with Crippen molar-refractivity contribution in [2.75, 3.05) is 31.1 Å². The Morgan fingerprint density at radius 1 is 1.17 bits per heavy atom. The number of carbonyl (C=O) groups excluding carboxylic acids is 1. The van der Waals surface area contributed by atoms with Crippen molar-refractivity contribution in [3.8, 4) is 0 Å². The minimum atomic E-state index is -0.320. The highest BCUT2D eigenvalue weighted by Crippen LogP contribution is 2.27. The van der Waals surface area contributed by atoms with Crippen LogP contribution in [0.3, 0.4) is 0 Å². The molecule has 1 unspecified atom stereocenters. The first-order chi connectivity index (χ1) is 11.2. The van der Waals surface area contributed by atoms with E-state index in [9.17, 15) is 4.79 Å². The summed E-state index contributed by atoms with van der Waals surface area (Å²) in [5.74, 6) is 1.78. The van der Waals surface area contributed by atoms with Crippen LogP contribution < -0.4 is 10.6 Å². The molecule has 2 N–H and O–H groups in total. The van der Waals surface area contributed by atoms with E-state index in [-0.39, 0.29) is 24.4 Å². The van der Waals surface area contributed by atoms with Crippen molar-refractivity contribution >= 4 is 24.1 Å². The fraction of sp³-hybridized carbons (Fsp3) is 0.667. The van der Waals surface area contributed by atoms with Gasteiger partial charge in [-0.05, 0) is 24.5 Å². The number of hydrogen-bond donors (Lipinski definition) is 1. The van der Waals surface area contributed by atoms with Crippen molar-refractivity contribution in [3.63, 3.8) is 0 Å². The molecule has 1 amide bonds. The third kappa shape index (κ3) is 4.84. The number of amides is 1. The molecule has 0 aromatic carbocycles. The molecule has 2 fully saturated rings. The first-order valence-corrected chi connectivity index (χ1v) is 8.94. The average Bonchev–Trinajstić information content (AvgIpc) is 2.63. The maximum Gasteiger partial charge on any atom is 0.239 e. The van der Waals surface area contributed by atoms with E-state index in [0.29, 0.717) is 5.92 Å². The molecule has 5 nitrogen and oxygen atoms in total. The first kappa shape index (κ1) is 19.0. The molecule has 24 heavy (non-hydrogen) atoms. The molecule has 0 bridgehead atoms. The highest BCUT2D eigenvalue weighted by Gasteiger charge is 2.27. The molecular formula is C18H29ClN4O. The number of aromatic nitrogens is 1. The third-order valence-corrected chi connectivity index (χ3v) is 5.19. The van der Waals surface area contributed by atoms with E-state index in [1.807, 2.05) is 29.3 Å². The van der Waals surface area contributed by atoms with Gasteiger partial charge >= 0.3 is 0 Å². The van der Waals surface area contributed by atoms with Gasteiger partial charge in [-0.15, -0.1) is 12.4 Å². The molecule has 6 heteroatoms. The van der Waals surface area contributed by atoms with Gasteiger partial charge in [0.2, 0.25) is 5.91 Å². The maximum atomic E-state index is 12.6.